The van der Waals surface area contributed by atoms with E-state index in [-0.39, 0.29) is 36.7 Å². The van der Waals surface area contributed by atoms with Crippen molar-refractivity contribution in [2.24, 2.45) is 5.73 Å². The predicted octanol–water partition coefficient (Wildman–Crippen LogP) is 2.06. The molecule has 1 atom stereocenters. The van der Waals surface area contributed by atoms with Crippen molar-refractivity contribution in [2.75, 3.05) is 39.8 Å². The zero-order chi connectivity index (χ0) is 17.7. The predicted molar refractivity (Wildman–Crippen MR) is 101 cm³/mol. The third kappa shape index (κ3) is 5.46. The molecule has 0 saturated carbocycles. The van der Waals surface area contributed by atoms with E-state index in [0.29, 0.717) is 48.3 Å². The Kier molecular flexibility index (Phi) is 8.96. The van der Waals surface area contributed by atoms with Crippen LogP contribution in [0.2, 0.25) is 10.0 Å². The number of halogens is 3. The van der Waals surface area contributed by atoms with Crippen molar-refractivity contribution in [1.82, 2.24) is 9.80 Å². The summed E-state index contributed by atoms with van der Waals surface area (Å²) >= 11 is 12.2. The molecule has 6 nitrogen and oxygen atoms in total. The molecule has 9 heteroatoms. The van der Waals surface area contributed by atoms with E-state index in [4.69, 9.17) is 33.7 Å². The van der Waals surface area contributed by atoms with Crippen LogP contribution in [0.25, 0.3) is 0 Å². The van der Waals surface area contributed by atoms with Gasteiger partial charge in [-0.1, -0.05) is 29.3 Å². The summed E-state index contributed by atoms with van der Waals surface area (Å²) in [7, 11) is 1.54. The van der Waals surface area contributed by atoms with Crippen LogP contribution in [0.3, 0.4) is 0 Å². The third-order valence-electron chi connectivity index (χ3n) is 4.09. The first kappa shape index (κ1) is 22.0. The topological polar surface area (TPSA) is 75.9 Å². The number of carbonyl (C=O) groups excluding carboxylic acids is 2. The van der Waals surface area contributed by atoms with E-state index in [1.165, 1.54) is 7.11 Å². The van der Waals surface area contributed by atoms with Gasteiger partial charge in [0.2, 0.25) is 5.91 Å². The van der Waals surface area contributed by atoms with Crippen molar-refractivity contribution in [2.45, 2.75) is 12.5 Å². The first-order chi connectivity index (χ1) is 11.5. The number of nitrogens with zero attached hydrogens (tertiary/aromatic N) is 2. The van der Waals surface area contributed by atoms with E-state index in [2.05, 4.69) is 0 Å². The van der Waals surface area contributed by atoms with Crippen LogP contribution in [-0.4, -0.2) is 67.6 Å². The van der Waals surface area contributed by atoms with Crippen LogP contribution in [0.5, 0.6) is 0 Å². The molecule has 1 aromatic rings. The maximum atomic E-state index is 12.6. The fourth-order valence-corrected chi connectivity index (χ4v) is 3.17. The summed E-state index contributed by atoms with van der Waals surface area (Å²) in [5, 5.41) is 0.661. The zero-order valence-electron chi connectivity index (χ0n) is 13.9. The molecule has 1 aliphatic rings. The van der Waals surface area contributed by atoms with Gasteiger partial charge in [0, 0.05) is 39.8 Å². The Bertz CT molecular complexity index is 583. The smallest absolute Gasteiger partial charge is 0.257 e. The van der Waals surface area contributed by atoms with Crippen molar-refractivity contribution in [3.8, 4) is 0 Å². The van der Waals surface area contributed by atoms with Crippen LogP contribution in [0.4, 0.5) is 0 Å². The summed E-state index contributed by atoms with van der Waals surface area (Å²) in [6, 6.07) is 4.97. The molecule has 2 rings (SSSR count). The third-order valence-corrected chi connectivity index (χ3v) is 4.72. The molecule has 1 aliphatic heterocycles. The maximum Gasteiger partial charge on any atom is 0.257 e. The second-order valence-electron chi connectivity index (χ2n) is 5.57. The average Bonchev–Trinajstić information content (AvgIpc) is 2.59. The molecule has 25 heavy (non-hydrogen) atoms. The number of ether oxygens (including phenoxy) is 1. The van der Waals surface area contributed by atoms with Crippen molar-refractivity contribution in [3.63, 3.8) is 0 Å². The minimum absolute atomic E-state index is 0. The first-order valence-electron chi connectivity index (χ1n) is 7.71. The molecule has 140 valence electrons. The summed E-state index contributed by atoms with van der Waals surface area (Å²) in [5.74, 6) is -0.232. The van der Waals surface area contributed by atoms with E-state index in [1.807, 2.05) is 0 Å². The lowest BCUT2D eigenvalue weighted by atomic mass is 10.1. The number of hydrogen-bond acceptors (Lipinski definition) is 4. The maximum absolute atomic E-state index is 12.6. The molecule has 0 aliphatic carbocycles. The molecule has 1 fully saturated rings. The molecular weight excluding hydrogens is 389 g/mol. The zero-order valence-corrected chi connectivity index (χ0v) is 16.2. The standard InChI is InChI=1S/C16H21Cl2N3O3.ClH/c1-24-11(10-19)9-14(22)20-5-7-21(8-6-20)16(23)15-12(17)3-2-4-13(15)18;/h2-4,11H,5-10,19H2,1H3;1H. The molecule has 2 N–H and O–H groups in total. The molecule has 0 spiro atoms. The SMILES string of the molecule is COC(CN)CC(=O)N1CCN(C(=O)c2c(Cl)cccc2Cl)CC1.Cl. The lowest BCUT2D eigenvalue weighted by molar-refractivity contribution is -0.135. The second kappa shape index (κ2) is 10.2. The lowest BCUT2D eigenvalue weighted by Crippen LogP contribution is -2.51. The second-order valence-corrected chi connectivity index (χ2v) is 6.38. The molecule has 0 bridgehead atoms. The van der Waals surface area contributed by atoms with Crippen molar-refractivity contribution >= 4 is 47.4 Å². The fourth-order valence-electron chi connectivity index (χ4n) is 2.61. The number of carbonyl (C=O) groups is 2. The normalized spacial score (nSPS) is 15.5. The molecule has 1 saturated heterocycles. The van der Waals surface area contributed by atoms with Gasteiger partial charge in [0.05, 0.1) is 28.1 Å². The number of nitrogens with two attached hydrogens (primary N) is 1. The minimum atomic E-state index is -0.279. The lowest BCUT2D eigenvalue weighted by Gasteiger charge is -2.35. The highest BCUT2D eigenvalue weighted by atomic mass is 35.5. The van der Waals surface area contributed by atoms with Gasteiger partial charge in [-0.2, -0.15) is 0 Å². The van der Waals surface area contributed by atoms with Gasteiger partial charge in [-0.3, -0.25) is 9.59 Å². The highest BCUT2D eigenvalue weighted by Gasteiger charge is 2.27. The van der Waals surface area contributed by atoms with Crippen molar-refractivity contribution in [3.05, 3.63) is 33.8 Å². The van der Waals surface area contributed by atoms with Crippen LogP contribution >= 0.6 is 35.6 Å². The Balaban J connectivity index is 0.00000312. The average molecular weight is 411 g/mol. The molecule has 1 unspecified atom stereocenters. The summed E-state index contributed by atoms with van der Waals surface area (Å²) in [4.78, 5) is 28.2. The van der Waals surface area contributed by atoms with Crippen LogP contribution in [0, 0.1) is 0 Å². The van der Waals surface area contributed by atoms with Crippen LogP contribution in [-0.2, 0) is 9.53 Å². The van der Waals surface area contributed by atoms with Crippen LogP contribution in [0.15, 0.2) is 18.2 Å². The molecule has 1 heterocycles. The van der Waals surface area contributed by atoms with Crippen LogP contribution < -0.4 is 5.73 Å². The number of benzene rings is 1. The van der Waals surface area contributed by atoms with Crippen molar-refractivity contribution in [1.29, 1.82) is 0 Å². The minimum Gasteiger partial charge on any atom is -0.380 e. The van der Waals surface area contributed by atoms with Gasteiger partial charge in [0.25, 0.3) is 5.91 Å². The van der Waals surface area contributed by atoms with Gasteiger partial charge in [-0.15, -0.1) is 12.4 Å². The van der Waals surface area contributed by atoms with Gasteiger partial charge in [0.1, 0.15) is 0 Å². The van der Waals surface area contributed by atoms with E-state index < -0.39 is 0 Å². The Labute approximate surface area is 163 Å². The first-order valence-corrected chi connectivity index (χ1v) is 8.47. The number of rotatable bonds is 5. The molecule has 1 aromatic carbocycles. The number of hydrogen-bond donors (Lipinski definition) is 1. The van der Waals surface area contributed by atoms with E-state index in [0.717, 1.165) is 0 Å². The van der Waals surface area contributed by atoms with Gasteiger partial charge < -0.3 is 20.3 Å². The molecule has 2 amide bonds. The van der Waals surface area contributed by atoms with E-state index >= 15 is 0 Å². The largest absolute Gasteiger partial charge is 0.380 e. The van der Waals surface area contributed by atoms with Crippen LogP contribution in [0.1, 0.15) is 16.8 Å². The Hall–Kier alpha value is -1.05. The molecule has 0 aromatic heterocycles. The van der Waals surface area contributed by atoms with Crippen molar-refractivity contribution < 1.29 is 14.3 Å². The molecular formula is C16H22Cl3N3O3. The number of amides is 2. The fraction of sp³-hybridized carbons (Fsp3) is 0.500. The van der Waals surface area contributed by atoms with Gasteiger partial charge in [-0.25, -0.2) is 0 Å². The molecule has 0 radical (unpaired) electrons. The Morgan fingerprint density at radius 1 is 1.16 bits per heavy atom. The quantitative estimate of drug-likeness (QED) is 0.806. The monoisotopic (exact) mass is 409 g/mol. The van der Waals surface area contributed by atoms with E-state index in [1.54, 1.807) is 28.0 Å². The Morgan fingerprint density at radius 2 is 1.68 bits per heavy atom. The summed E-state index contributed by atoms with van der Waals surface area (Å²) in [6.07, 6.45) is -0.0313. The summed E-state index contributed by atoms with van der Waals surface area (Å²) in [6.45, 7) is 2.10. The van der Waals surface area contributed by atoms with Gasteiger partial charge >= 0.3 is 0 Å². The summed E-state index contributed by atoms with van der Waals surface area (Å²) in [5.41, 5.74) is 5.85. The highest BCUT2D eigenvalue weighted by Crippen LogP contribution is 2.26. The van der Waals surface area contributed by atoms with E-state index in [9.17, 15) is 9.59 Å². The highest BCUT2D eigenvalue weighted by molar-refractivity contribution is 6.39. The summed E-state index contributed by atoms with van der Waals surface area (Å²) < 4.78 is 5.14. The van der Waals surface area contributed by atoms with Gasteiger partial charge in [0.15, 0.2) is 0 Å². The number of piperazine rings is 1. The van der Waals surface area contributed by atoms with Gasteiger partial charge in [-0.05, 0) is 12.1 Å². The Morgan fingerprint density at radius 3 is 2.16 bits per heavy atom. The number of methoxy groups -OCH3 is 1.